The summed E-state index contributed by atoms with van der Waals surface area (Å²) in [5.74, 6) is 8.20. The fraction of sp³-hybridized carbons (Fsp3) is 0. The lowest BCUT2D eigenvalue weighted by atomic mass is 10.1. The van der Waals surface area contributed by atoms with Crippen molar-refractivity contribution in [3.63, 3.8) is 0 Å². The molecule has 3 aromatic heterocycles. The summed E-state index contributed by atoms with van der Waals surface area (Å²) >= 11 is 4.92. The molecular formula is C18H6S3. The fourth-order valence-electron chi connectivity index (χ4n) is 2.49. The van der Waals surface area contributed by atoms with Gasteiger partial charge < -0.3 is 0 Å². The summed E-state index contributed by atoms with van der Waals surface area (Å²) in [7, 11) is 0. The first-order valence-corrected chi connectivity index (χ1v) is 8.52. The third-order valence-electron chi connectivity index (χ3n) is 3.36. The zero-order valence-electron chi connectivity index (χ0n) is 10.7. The predicted molar refractivity (Wildman–Crippen MR) is 96.4 cm³/mol. The van der Waals surface area contributed by atoms with E-state index < -0.39 is 0 Å². The summed E-state index contributed by atoms with van der Waals surface area (Å²) in [4.78, 5) is 2.80. The van der Waals surface area contributed by atoms with Gasteiger partial charge in [-0.05, 0) is 18.2 Å². The number of thiophene rings is 3. The molecule has 21 heavy (non-hydrogen) atoms. The van der Waals surface area contributed by atoms with Gasteiger partial charge in [-0.25, -0.2) is 0 Å². The van der Waals surface area contributed by atoms with E-state index in [1.54, 1.807) is 34.0 Å². The lowest BCUT2D eigenvalue weighted by Crippen LogP contribution is -1.67. The van der Waals surface area contributed by atoms with E-state index in [1.165, 1.54) is 30.3 Å². The molecule has 3 heteroatoms. The Labute approximate surface area is 134 Å². The molecule has 4 rings (SSSR count). The van der Waals surface area contributed by atoms with Gasteiger partial charge in [0.1, 0.15) is 0 Å². The molecule has 0 radical (unpaired) electrons. The van der Waals surface area contributed by atoms with Gasteiger partial charge in [-0.15, -0.1) is 53.3 Å². The van der Waals surface area contributed by atoms with Gasteiger partial charge in [0.05, 0.1) is 14.6 Å². The second-order valence-corrected chi connectivity index (χ2v) is 7.65. The minimum Gasteiger partial charge on any atom is -0.126 e. The van der Waals surface area contributed by atoms with Crippen molar-refractivity contribution in [2.75, 3.05) is 0 Å². The third kappa shape index (κ3) is 1.65. The number of fused-ring (bicyclic) bond motifs is 6. The quantitative estimate of drug-likeness (QED) is 0.387. The molecular weight excluding hydrogens is 312 g/mol. The number of rotatable bonds is 0. The van der Waals surface area contributed by atoms with Crippen LogP contribution in [0.4, 0.5) is 0 Å². The van der Waals surface area contributed by atoms with Gasteiger partial charge in [0, 0.05) is 30.3 Å². The molecule has 0 saturated heterocycles. The van der Waals surface area contributed by atoms with Crippen molar-refractivity contribution < 1.29 is 0 Å². The van der Waals surface area contributed by atoms with Crippen molar-refractivity contribution in [2.24, 2.45) is 0 Å². The first-order valence-electron chi connectivity index (χ1n) is 6.07. The van der Waals surface area contributed by atoms with Crippen LogP contribution in [0.1, 0.15) is 14.6 Å². The third-order valence-corrected chi connectivity index (χ3v) is 6.66. The Kier molecular flexibility index (Phi) is 2.61. The number of hydrogen-bond acceptors (Lipinski definition) is 3. The summed E-state index contributed by atoms with van der Waals surface area (Å²) in [5.41, 5.74) is 0. The summed E-state index contributed by atoms with van der Waals surface area (Å²) in [6.45, 7) is 0. The molecule has 0 amide bonds. The smallest absolute Gasteiger partial charge is 0.0779 e. The van der Waals surface area contributed by atoms with Crippen LogP contribution in [0, 0.1) is 37.0 Å². The molecule has 0 N–H and O–H groups in total. The minimum atomic E-state index is 0.933. The molecule has 0 nitrogen and oxygen atoms in total. The van der Waals surface area contributed by atoms with E-state index in [0.29, 0.717) is 0 Å². The van der Waals surface area contributed by atoms with E-state index >= 15 is 0 Å². The van der Waals surface area contributed by atoms with Crippen molar-refractivity contribution in [1.29, 1.82) is 0 Å². The standard InChI is InChI=1S/C18H6S3/c1-4-10-7-13-16(19-10)14-8-11(5-2)21-18(14)15-9-12(6-3)20-17(13)15/h1-3,7-9H. The highest BCUT2D eigenvalue weighted by atomic mass is 32.1. The normalized spacial score (nSPS) is 10.7. The van der Waals surface area contributed by atoms with Gasteiger partial charge in [-0.2, -0.15) is 0 Å². The molecule has 0 atom stereocenters. The molecule has 0 spiro atoms. The van der Waals surface area contributed by atoms with E-state index in [2.05, 4.69) is 36.0 Å². The average Bonchev–Trinajstić information content (AvgIpc) is 3.20. The molecule has 96 valence electrons. The van der Waals surface area contributed by atoms with Gasteiger partial charge in [0.15, 0.2) is 0 Å². The molecule has 0 fully saturated rings. The molecule has 0 aliphatic rings. The van der Waals surface area contributed by atoms with Crippen LogP contribution < -0.4 is 0 Å². The molecule has 1 aromatic carbocycles. The zero-order chi connectivity index (χ0) is 14.6. The lowest BCUT2D eigenvalue weighted by Gasteiger charge is -1.96. The molecule has 0 unspecified atom stereocenters. The average molecular weight is 318 g/mol. The zero-order valence-corrected chi connectivity index (χ0v) is 13.1. The Hall–Kier alpha value is -2.22. The van der Waals surface area contributed by atoms with E-state index in [1.807, 2.05) is 0 Å². The van der Waals surface area contributed by atoms with Gasteiger partial charge in [-0.3, -0.25) is 0 Å². The van der Waals surface area contributed by atoms with Crippen molar-refractivity contribution >= 4 is 64.3 Å². The molecule has 0 aliphatic carbocycles. The van der Waals surface area contributed by atoms with E-state index in [9.17, 15) is 0 Å². The SMILES string of the molecule is C#Cc1cc2c(s1)c1cc(C#C)sc1c1cc(C#C)sc21. The van der Waals surface area contributed by atoms with Crippen molar-refractivity contribution in [1.82, 2.24) is 0 Å². The molecule has 0 saturated carbocycles. The van der Waals surface area contributed by atoms with Crippen molar-refractivity contribution in [2.45, 2.75) is 0 Å². The second-order valence-electron chi connectivity index (χ2n) is 4.49. The van der Waals surface area contributed by atoms with E-state index in [4.69, 9.17) is 19.3 Å². The highest BCUT2D eigenvalue weighted by molar-refractivity contribution is 7.27. The van der Waals surface area contributed by atoms with Gasteiger partial charge >= 0.3 is 0 Å². The summed E-state index contributed by atoms with van der Waals surface area (Å²) in [6, 6.07) is 6.23. The highest BCUT2D eigenvalue weighted by Gasteiger charge is 2.16. The van der Waals surface area contributed by atoms with Gasteiger partial charge in [0.2, 0.25) is 0 Å². The first kappa shape index (κ1) is 12.5. The molecule has 3 heterocycles. The van der Waals surface area contributed by atoms with Crippen LogP contribution in [0.3, 0.4) is 0 Å². The molecule has 0 aliphatic heterocycles. The van der Waals surface area contributed by atoms with Crippen LogP contribution in [0.15, 0.2) is 18.2 Å². The lowest BCUT2D eigenvalue weighted by molar-refractivity contribution is 2.02. The van der Waals surface area contributed by atoms with Gasteiger partial charge in [0.25, 0.3) is 0 Å². The first-order chi connectivity index (χ1) is 10.2. The van der Waals surface area contributed by atoms with Crippen molar-refractivity contribution in [3.05, 3.63) is 32.8 Å². The van der Waals surface area contributed by atoms with E-state index in [0.717, 1.165) is 14.6 Å². The summed E-state index contributed by atoms with van der Waals surface area (Å²) in [6.07, 6.45) is 16.7. The predicted octanol–water partition coefficient (Wildman–Crippen LogP) is 5.27. The van der Waals surface area contributed by atoms with Crippen LogP contribution >= 0.6 is 34.0 Å². The Morgan fingerprint density at radius 1 is 0.571 bits per heavy atom. The Morgan fingerprint density at radius 2 is 0.857 bits per heavy atom. The van der Waals surface area contributed by atoms with Crippen LogP contribution in [-0.2, 0) is 0 Å². The van der Waals surface area contributed by atoms with Crippen LogP contribution in [0.2, 0.25) is 0 Å². The summed E-state index contributed by atoms with van der Waals surface area (Å²) < 4.78 is 3.61. The maximum Gasteiger partial charge on any atom is 0.0779 e. The Morgan fingerprint density at radius 3 is 1.10 bits per heavy atom. The van der Waals surface area contributed by atoms with Crippen LogP contribution in [0.5, 0.6) is 0 Å². The van der Waals surface area contributed by atoms with Crippen LogP contribution in [0.25, 0.3) is 30.3 Å². The number of terminal acetylenes is 3. The van der Waals surface area contributed by atoms with Crippen molar-refractivity contribution in [3.8, 4) is 37.0 Å². The molecule has 4 aromatic rings. The second kappa shape index (κ2) is 4.39. The number of benzene rings is 1. The fourth-order valence-corrected chi connectivity index (χ4v) is 5.68. The monoisotopic (exact) mass is 318 g/mol. The Balaban J connectivity index is 2.35. The van der Waals surface area contributed by atoms with Gasteiger partial charge in [-0.1, -0.05) is 17.8 Å². The maximum atomic E-state index is 5.57. The largest absolute Gasteiger partial charge is 0.126 e. The topological polar surface area (TPSA) is 0 Å². The minimum absolute atomic E-state index is 0.933. The maximum absolute atomic E-state index is 5.57. The highest BCUT2D eigenvalue weighted by Crippen LogP contribution is 2.45. The van der Waals surface area contributed by atoms with E-state index in [-0.39, 0.29) is 0 Å². The summed E-state index contributed by atoms with van der Waals surface area (Å²) in [5, 5.41) is 3.55. The van der Waals surface area contributed by atoms with Crippen LogP contribution in [-0.4, -0.2) is 0 Å². The number of hydrogen-bond donors (Lipinski definition) is 0. The Bertz CT molecular complexity index is 911. The molecule has 0 bridgehead atoms.